The molecule has 0 N–H and O–H groups in total. The van der Waals surface area contributed by atoms with Gasteiger partial charge in [0.05, 0.1) is 18.9 Å². The summed E-state index contributed by atoms with van der Waals surface area (Å²) in [7, 11) is 0. The monoisotopic (exact) mass is 335 g/mol. The molecule has 25 heavy (non-hydrogen) atoms. The first-order valence-corrected chi connectivity index (χ1v) is 8.37. The van der Waals surface area contributed by atoms with Gasteiger partial charge < -0.3 is 9.53 Å². The Labute approximate surface area is 147 Å². The average Bonchev–Trinajstić information content (AvgIpc) is 2.62. The highest BCUT2D eigenvalue weighted by molar-refractivity contribution is 5.96. The van der Waals surface area contributed by atoms with Crippen molar-refractivity contribution in [3.8, 4) is 11.3 Å². The zero-order valence-corrected chi connectivity index (χ0v) is 14.5. The van der Waals surface area contributed by atoms with Gasteiger partial charge in [0.2, 0.25) is 0 Å². The van der Waals surface area contributed by atoms with Crippen LogP contribution in [0, 0.1) is 13.8 Å². The summed E-state index contributed by atoms with van der Waals surface area (Å²) in [6.07, 6.45) is 7.72. The molecule has 0 aliphatic rings. The first kappa shape index (κ1) is 17.2. The number of ether oxygens (including phenoxy) is 1. The van der Waals surface area contributed by atoms with Gasteiger partial charge in [-0.3, -0.25) is 15.0 Å². The number of aryl methyl sites for hydroxylation is 2. The third kappa shape index (κ3) is 4.06. The van der Waals surface area contributed by atoms with Crippen molar-refractivity contribution in [1.82, 2.24) is 15.0 Å². The van der Waals surface area contributed by atoms with Crippen molar-refractivity contribution in [2.45, 2.75) is 26.7 Å². The lowest BCUT2D eigenvalue weighted by Crippen LogP contribution is -2.01. The summed E-state index contributed by atoms with van der Waals surface area (Å²) in [5.41, 5.74) is 4.96. The maximum atomic E-state index is 10.2. The van der Waals surface area contributed by atoms with Gasteiger partial charge in [0.15, 0.2) is 0 Å². The lowest BCUT2D eigenvalue weighted by atomic mass is 10.0. The van der Waals surface area contributed by atoms with E-state index in [1.54, 1.807) is 0 Å². The minimum absolute atomic E-state index is 0.443. The van der Waals surface area contributed by atoms with Gasteiger partial charge in [0.1, 0.15) is 6.29 Å². The molecule has 0 fully saturated rings. The molecule has 0 radical (unpaired) electrons. The molecule has 0 saturated carbocycles. The van der Waals surface area contributed by atoms with E-state index in [2.05, 4.69) is 27.1 Å². The Kier molecular flexibility index (Phi) is 5.46. The topological polar surface area (TPSA) is 65.0 Å². The van der Waals surface area contributed by atoms with Crippen LogP contribution in [0.15, 0.2) is 36.8 Å². The van der Waals surface area contributed by atoms with Crippen molar-refractivity contribution in [1.29, 1.82) is 0 Å². The number of aldehydes is 1. The van der Waals surface area contributed by atoms with Gasteiger partial charge in [-0.05, 0) is 43.4 Å². The zero-order valence-electron chi connectivity index (χ0n) is 14.5. The summed E-state index contributed by atoms with van der Waals surface area (Å²) in [6.45, 7) is 5.04. The van der Waals surface area contributed by atoms with Crippen LogP contribution in [0.4, 0.5) is 0 Å². The number of aromatic nitrogens is 3. The largest absolute Gasteiger partial charge is 0.381 e. The van der Waals surface area contributed by atoms with E-state index in [0.29, 0.717) is 19.6 Å². The molecule has 5 heteroatoms. The average molecular weight is 335 g/mol. The Morgan fingerprint density at radius 1 is 1.00 bits per heavy atom. The van der Waals surface area contributed by atoms with Crippen molar-refractivity contribution in [2.75, 3.05) is 13.2 Å². The summed E-state index contributed by atoms with van der Waals surface area (Å²) >= 11 is 0. The minimum Gasteiger partial charge on any atom is -0.381 e. The quantitative estimate of drug-likeness (QED) is 0.489. The molecule has 3 rings (SSSR count). The number of rotatable bonds is 7. The third-order valence-electron chi connectivity index (χ3n) is 4.12. The second-order valence-electron chi connectivity index (χ2n) is 6.00. The fourth-order valence-electron chi connectivity index (χ4n) is 2.73. The van der Waals surface area contributed by atoms with Crippen LogP contribution in [0.1, 0.15) is 23.4 Å². The van der Waals surface area contributed by atoms with E-state index < -0.39 is 0 Å². The summed E-state index contributed by atoms with van der Waals surface area (Å²) in [5.74, 6) is 0. The van der Waals surface area contributed by atoms with E-state index >= 15 is 0 Å². The van der Waals surface area contributed by atoms with E-state index in [9.17, 15) is 4.79 Å². The molecule has 0 amide bonds. The maximum Gasteiger partial charge on any atom is 0.122 e. The summed E-state index contributed by atoms with van der Waals surface area (Å²) < 4.78 is 5.40. The number of pyridine rings is 3. The molecule has 128 valence electrons. The van der Waals surface area contributed by atoms with Gasteiger partial charge in [0, 0.05) is 47.3 Å². The first-order chi connectivity index (χ1) is 12.2. The van der Waals surface area contributed by atoms with Crippen molar-refractivity contribution >= 4 is 17.1 Å². The predicted molar refractivity (Wildman–Crippen MR) is 97.4 cm³/mol. The van der Waals surface area contributed by atoms with Crippen LogP contribution in [0.3, 0.4) is 0 Å². The summed E-state index contributed by atoms with van der Waals surface area (Å²) in [4.78, 5) is 23.7. The van der Waals surface area contributed by atoms with Gasteiger partial charge in [-0.2, -0.15) is 0 Å². The molecule has 5 nitrogen and oxygen atoms in total. The van der Waals surface area contributed by atoms with Crippen LogP contribution in [0.25, 0.3) is 22.0 Å². The minimum atomic E-state index is 0.443. The first-order valence-electron chi connectivity index (χ1n) is 8.37. The number of carbonyl (C=O) groups is 1. The van der Waals surface area contributed by atoms with Gasteiger partial charge in [0.25, 0.3) is 0 Å². The lowest BCUT2D eigenvalue weighted by Gasteiger charge is -2.09. The van der Waals surface area contributed by atoms with Crippen molar-refractivity contribution in [2.24, 2.45) is 0 Å². The van der Waals surface area contributed by atoms with Crippen LogP contribution in [-0.4, -0.2) is 34.5 Å². The number of nitrogens with zero attached hydrogens (tertiary/aromatic N) is 3. The Morgan fingerprint density at radius 3 is 2.64 bits per heavy atom. The zero-order chi connectivity index (χ0) is 17.6. The summed E-state index contributed by atoms with van der Waals surface area (Å²) in [6, 6.07) is 6.16. The molecular formula is C20H21N3O2. The van der Waals surface area contributed by atoms with Gasteiger partial charge in [-0.25, -0.2) is 0 Å². The molecule has 0 saturated heterocycles. The van der Waals surface area contributed by atoms with Gasteiger partial charge in [-0.15, -0.1) is 0 Å². The van der Waals surface area contributed by atoms with Gasteiger partial charge in [-0.1, -0.05) is 6.07 Å². The smallest absolute Gasteiger partial charge is 0.122 e. The molecule has 3 aromatic rings. The molecular weight excluding hydrogens is 314 g/mol. The molecule has 0 spiro atoms. The number of hydrogen-bond acceptors (Lipinski definition) is 5. The standard InChI is InChI=1S/C20H21N3O2/c1-14-10-17-18(12-21-14)15(2)22-13-19(17)20-5-4-16(11-23-20)6-9-25-8-3-7-24/h4-5,7,10-13H,3,6,8-9H2,1-2H3. The van der Waals surface area contributed by atoms with Crippen molar-refractivity contribution in [3.63, 3.8) is 0 Å². The maximum absolute atomic E-state index is 10.2. The van der Waals surface area contributed by atoms with E-state index in [4.69, 9.17) is 4.74 Å². The molecule has 3 heterocycles. The molecule has 0 aliphatic carbocycles. The second kappa shape index (κ2) is 7.94. The van der Waals surface area contributed by atoms with E-state index in [1.807, 2.05) is 38.5 Å². The molecule has 0 aliphatic heterocycles. The highest BCUT2D eigenvalue weighted by Gasteiger charge is 2.09. The van der Waals surface area contributed by atoms with Crippen LogP contribution in [0.5, 0.6) is 0 Å². The van der Waals surface area contributed by atoms with E-state index in [0.717, 1.165) is 51.7 Å². The fraction of sp³-hybridized carbons (Fsp3) is 0.300. The Bertz CT molecular complexity index is 876. The Hall–Kier alpha value is -2.66. The van der Waals surface area contributed by atoms with Crippen LogP contribution >= 0.6 is 0 Å². The highest BCUT2D eigenvalue weighted by Crippen LogP contribution is 2.28. The molecule has 0 aromatic carbocycles. The van der Waals surface area contributed by atoms with Crippen LogP contribution in [0.2, 0.25) is 0 Å². The molecule has 0 atom stereocenters. The summed E-state index contributed by atoms with van der Waals surface area (Å²) in [5, 5.41) is 2.18. The van der Waals surface area contributed by atoms with Crippen molar-refractivity contribution in [3.05, 3.63) is 53.7 Å². The van der Waals surface area contributed by atoms with Gasteiger partial charge >= 0.3 is 0 Å². The van der Waals surface area contributed by atoms with E-state index in [-0.39, 0.29) is 0 Å². The van der Waals surface area contributed by atoms with E-state index in [1.165, 1.54) is 0 Å². The van der Waals surface area contributed by atoms with Crippen LogP contribution in [-0.2, 0) is 16.0 Å². The molecule has 3 aromatic heterocycles. The second-order valence-corrected chi connectivity index (χ2v) is 6.00. The third-order valence-corrected chi connectivity index (χ3v) is 4.12. The fourth-order valence-corrected chi connectivity index (χ4v) is 2.73. The molecule has 0 bridgehead atoms. The SMILES string of the molecule is Cc1cc2c(-c3ccc(CCOCCC=O)cn3)cnc(C)c2cn1. The highest BCUT2D eigenvalue weighted by atomic mass is 16.5. The van der Waals surface area contributed by atoms with Crippen LogP contribution < -0.4 is 0 Å². The predicted octanol–water partition coefficient (Wildman–Crippen LogP) is 3.46. The normalized spacial score (nSPS) is 11.0. The molecule has 0 unspecified atom stereocenters. The number of hydrogen-bond donors (Lipinski definition) is 0. The van der Waals surface area contributed by atoms with Crippen molar-refractivity contribution < 1.29 is 9.53 Å². The lowest BCUT2D eigenvalue weighted by molar-refractivity contribution is -0.108. The Balaban J connectivity index is 1.81. The number of carbonyl (C=O) groups excluding carboxylic acids is 1. The Morgan fingerprint density at radius 2 is 1.88 bits per heavy atom. The number of fused-ring (bicyclic) bond motifs is 1.